The Kier molecular flexibility index (Phi) is 5.60. The molecule has 0 spiro atoms. The Bertz CT molecular complexity index is 599. The molecule has 1 N–H and O–H groups in total. The molecule has 5 heteroatoms. The van der Waals surface area contributed by atoms with Crippen LogP contribution in [0.25, 0.3) is 0 Å². The van der Waals surface area contributed by atoms with E-state index in [0.29, 0.717) is 35.2 Å². The molecule has 0 bridgehead atoms. The van der Waals surface area contributed by atoms with Crippen molar-refractivity contribution >= 4 is 23.2 Å². The molecule has 0 aromatic heterocycles. The number of hydrogen-bond donors (Lipinski definition) is 1. The highest BCUT2D eigenvalue weighted by molar-refractivity contribution is 6.30. The Balaban J connectivity index is 2.08. The van der Waals surface area contributed by atoms with Gasteiger partial charge in [-0.1, -0.05) is 23.7 Å². The Hall–Kier alpha value is -2.04. The first-order chi connectivity index (χ1) is 10.2. The van der Waals surface area contributed by atoms with Gasteiger partial charge in [0, 0.05) is 17.7 Å². The van der Waals surface area contributed by atoms with E-state index in [1.54, 1.807) is 43.5 Å². The molecule has 0 unspecified atom stereocenters. The first kappa shape index (κ1) is 15.4. The summed E-state index contributed by atoms with van der Waals surface area (Å²) < 4.78 is 10.5. The van der Waals surface area contributed by atoms with E-state index in [0.717, 1.165) is 0 Å². The third-order valence-corrected chi connectivity index (χ3v) is 3.04. The van der Waals surface area contributed by atoms with Gasteiger partial charge in [0.1, 0.15) is 12.4 Å². The van der Waals surface area contributed by atoms with Gasteiger partial charge in [0.05, 0.1) is 12.3 Å². The minimum absolute atomic E-state index is 0.213. The summed E-state index contributed by atoms with van der Waals surface area (Å²) in [5, 5.41) is 3.42. The number of benzene rings is 2. The third kappa shape index (κ3) is 4.48. The van der Waals surface area contributed by atoms with Gasteiger partial charge in [0.15, 0.2) is 0 Å². The van der Waals surface area contributed by atoms with E-state index in [9.17, 15) is 4.79 Å². The van der Waals surface area contributed by atoms with E-state index >= 15 is 0 Å². The molecule has 1 amide bonds. The molecule has 2 aromatic rings. The predicted molar refractivity (Wildman–Crippen MR) is 83.2 cm³/mol. The number of anilines is 1. The smallest absolute Gasteiger partial charge is 0.255 e. The Morgan fingerprint density at radius 1 is 1.10 bits per heavy atom. The van der Waals surface area contributed by atoms with Gasteiger partial charge in [0.25, 0.3) is 5.91 Å². The van der Waals surface area contributed by atoms with E-state index in [1.165, 1.54) is 0 Å². The van der Waals surface area contributed by atoms with Crippen LogP contribution in [0.15, 0.2) is 48.5 Å². The normalized spacial score (nSPS) is 10.2. The fourth-order valence-corrected chi connectivity index (χ4v) is 1.85. The van der Waals surface area contributed by atoms with E-state index in [2.05, 4.69) is 5.32 Å². The van der Waals surface area contributed by atoms with Crippen molar-refractivity contribution in [2.45, 2.75) is 0 Å². The summed E-state index contributed by atoms with van der Waals surface area (Å²) in [7, 11) is 1.61. The molecule has 0 fully saturated rings. The summed E-state index contributed by atoms with van der Waals surface area (Å²) >= 11 is 5.81. The van der Waals surface area contributed by atoms with E-state index in [1.807, 2.05) is 12.1 Å². The van der Waals surface area contributed by atoms with Gasteiger partial charge in [-0.25, -0.2) is 0 Å². The molecule has 0 saturated heterocycles. The summed E-state index contributed by atoms with van der Waals surface area (Å²) in [5.74, 6) is 0.395. The minimum atomic E-state index is -0.213. The van der Waals surface area contributed by atoms with Gasteiger partial charge in [-0.2, -0.15) is 0 Å². The summed E-state index contributed by atoms with van der Waals surface area (Å²) in [6.07, 6.45) is 0. The number of methoxy groups -OCH3 is 1. The maximum absolute atomic E-state index is 12.2. The number of carbonyl (C=O) groups excluding carboxylic acids is 1. The van der Waals surface area contributed by atoms with Crippen molar-refractivity contribution in [2.24, 2.45) is 0 Å². The van der Waals surface area contributed by atoms with Crippen molar-refractivity contribution in [3.8, 4) is 5.75 Å². The lowest BCUT2D eigenvalue weighted by atomic mass is 10.2. The van der Waals surface area contributed by atoms with E-state index < -0.39 is 0 Å². The molecule has 0 saturated carbocycles. The van der Waals surface area contributed by atoms with Crippen molar-refractivity contribution in [2.75, 3.05) is 25.6 Å². The van der Waals surface area contributed by atoms with Crippen LogP contribution in [0.5, 0.6) is 5.75 Å². The summed E-state index contributed by atoms with van der Waals surface area (Å²) in [4.78, 5) is 12.2. The number of nitrogens with one attached hydrogen (secondary N) is 1. The standard InChI is InChI=1S/C16H16ClNO3/c1-20-10-11-21-15-5-3-2-4-14(15)18-16(19)12-6-8-13(17)9-7-12/h2-9H,10-11H2,1H3,(H,18,19). The van der Waals surface area contributed by atoms with Crippen molar-refractivity contribution in [1.29, 1.82) is 0 Å². The van der Waals surface area contributed by atoms with Crippen LogP contribution in [0.2, 0.25) is 5.02 Å². The van der Waals surface area contributed by atoms with Crippen LogP contribution in [0.4, 0.5) is 5.69 Å². The first-order valence-corrected chi connectivity index (χ1v) is 6.86. The molecular formula is C16H16ClNO3. The largest absolute Gasteiger partial charge is 0.489 e. The lowest BCUT2D eigenvalue weighted by molar-refractivity contribution is 0.102. The highest BCUT2D eigenvalue weighted by Gasteiger charge is 2.09. The van der Waals surface area contributed by atoms with Crippen LogP contribution < -0.4 is 10.1 Å². The molecule has 0 radical (unpaired) electrons. The molecule has 110 valence electrons. The van der Waals surface area contributed by atoms with Gasteiger partial charge in [0.2, 0.25) is 0 Å². The lowest BCUT2D eigenvalue weighted by Crippen LogP contribution is -2.13. The van der Waals surface area contributed by atoms with Crippen LogP contribution >= 0.6 is 11.6 Å². The predicted octanol–water partition coefficient (Wildman–Crippen LogP) is 3.62. The Labute approximate surface area is 128 Å². The van der Waals surface area contributed by atoms with Crippen molar-refractivity contribution in [3.05, 3.63) is 59.1 Å². The first-order valence-electron chi connectivity index (χ1n) is 6.48. The number of halogens is 1. The quantitative estimate of drug-likeness (QED) is 0.829. The Morgan fingerprint density at radius 2 is 1.81 bits per heavy atom. The third-order valence-electron chi connectivity index (χ3n) is 2.79. The zero-order chi connectivity index (χ0) is 15.1. The highest BCUT2D eigenvalue weighted by atomic mass is 35.5. The summed E-state index contributed by atoms with van der Waals surface area (Å²) in [6.45, 7) is 0.907. The van der Waals surface area contributed by atoms with Gasteiger partial charge >= 0.3 is 0 Å². The topological polar surface area (TPSA) is 47.6 Å². The zero-order valence-corrected chi connectivity index (χ0v) is 12.4. The maximum atomic E-state index is 12.2. The SMILES string of the molecule is COCCOc1ccccc1NC(=O)c1ccc(Cl)cc1. The average molecular weight is 306 g/mol. The molecule has 0 aliphatic heterocycles. The van der Waals surface area contributed by atoms with Crippen molar-refractivity contribution in [3.63, 3.8) is 0 Å². The van der Waals surface area contributed by atoms with Crippen molar-refractivity contribution in [1.82, 2.24) is 0 Å². The molecular weight excluding hydrogens is 290 g/mol. The van der Waals surface area contributed by atoms with Crippen LogP contribution in [0, 0.1) is 0 Å². The lowest BCUT2D eigenvalue weighted by Gasteiger charge is -2.12. The molecule has 0 aliphatic carbocycles. The minimum Gasteiger partial charge on any atom is -0.489 e. The molecule has 4 nitrogen and oxygen atoms in total. The number of rotatable bonds is 6. The molecule has 0 aliphatic rings. The summed E-state index contributed by atoms with van der Waals surface area (Å²) in [5.41, 5.74) is 1.15. The highest BCUT2D eigenvalue weighted by Crippen LogP contribution is 2.24. The van der Waals surface area contributed by atoms with Gasteiger partial charge < -0.3 is 14.8 Å². The number of para-hydroxylation sites is 2. The molecule has 0 atom stereocenters. The van der Waals surface area contributed by atoms with E-state index in [-0.39, 0.29) is 5.91 Å². The maximum Gasteiger partial charge on any atom is 0.255 e. The number of hydrogen-bond acceptors (Lipinski definition) is 3. The second-order valence-corrected chi connectivity index (χ2v) is 4.73. The van der Waals surface area contributed by atoms with E-state index in [4.69, 9.17) is 21.1 Å². The van der Waals surface area contributed by atoms with Crippen LogP contribution in [0.1, 0.15) is 10.4 Å². The average Bonchev–Trinajstić information content (AvgIpc) is 2.50. The second kappa shape index (κ2) is 7.67. The number of amides is 1. The van der Waals surface area contributed by atoms with Gasteiger partial charge in [-0.15, -0.1) is 0 Å². The molecule has 0 heterocycles. The van der Waals surface area contributed by atoms with Crippen LogP contribution in [-0.4, -0.2) is 26.2 Å². The number of carbonyl (C=O) groups is 1. The second-order valence-electron chi connectivity index (χ2n) is 4.30. The molecule has 2 aromatic carbocycles. The zero-order valence-electron chi connectivity index (χ0n) is 11.6. The monoisotopic (exact) mass is 305 g/mol. The number of ether oxygens (including phenoxy) is 2. The van der Waals surface area contributed by atoms with Crippen LogP contribution in [-0.2, 0) is 4.74 Å². The van der Waals surface area contributed by atoms with Gasteiger partial charge in [-0.3, -0.25) is 4.79 Å². The Morgan fingerprint density at radius 3 is 2.52 bits per heavy atom. The fraction of sp³-hybridized carbons (Fsp3) is 0.188. The van der Waals surface area contributed by atoms with Gasteiger partial charge in [-0.05, 0) is 36.4 Å². The molecule has 21 heavy (non-hydrogen) atoms. The fourth-order valence-electron chi connectivity index (χ4n) is 1.73. The van der Waals surface area contributed by atoms with Crippen molar-refractivity contribution < 1.29 is 14.3 Å². The molecule has 2 rings (SSSR count). The van der Waals surface area contributed by atoms with Crippen LogP contribution in [0.3, 0.4) is 0 Å². The summed E-state index contributed by atoms with van der Waals surface area (Å²) in [6, 6.07) is 14.0.